The number of rotatable bonds is 3. The standard InChI is InChI=1S/C15H14Br3N/c1-9-4-3-5-11(10(9)2)8-19-15-13(17)6-12(16)7-14(15)18/h3-7,19H,8H2,1-2H3. The average Bonchev–Trinajstić information content (AvgIpc) is 2.33. The first kappa shape index (κ1) is 15.1. The lowest BCUT2D eigenvalue weighted by Gasteiger charge is -2.14. The van der Waals surface area contributed by atoms with E-state index in [1.807, 2.05) is 12.1 Å². The second-order valence-electron chi connectivity index (χ2n) is 4.46. The van der Waals surface area contributed by atoms with Crippen molar-refractivity contribution in [1.29, 1.82) is 0 Å². The van der Waals surface area contributed by atoms with Crippen molar-refractivity contribution < 1.29 is 0 Å². The maximum absolute atomic E-state index is 3.58. The summed E-state index contributed by atoms with van der Waals surface area (Å²) >= 11 is 10.6. The van der Waals surface area contributed by atoms with Crippen LogP contribution in [-0.2, 0) is 6.54 Å². The highest BCUT2D eigenvalue weighted by Crippen LogP contribution is 2.34. The van der Waals surface area contributed by atoms with Crippen LogP contribution in [-0.4, -0.2) is 0 Å². The van der Waals surface area contributed by atoms with Crippen LogP contribution in [0.5, 0.6) is 0 Å². The molecule has 0 amide bonds. The molecule has 0 radical (unpaired) electrons. The van der Waals surface area contributed by atoms with Crippen LogP contribution in [0.25, 0.3) is 0 Å². The van der Waals surface area contributed by atoms with Crippen LogP contribution in [0.15, 0.2) is 43.7 Å². The molecular formula is C15H14Br3N. The molecule has 0 aliphatic carbocycles. The number of benzene rings is 2. The highest BCUT2D eigenvalue weighted by atomic mass is 79.9. The third-order valence-corrected chi connectivity index (χ3v) is 4.89. The van der Waals surface area contributed by atoms with E-state index in [1.165, 1.54) is 16.7 Å². The van der Waals surface area contributed by atoms with E-state index >= 15 is 0 Å². The van der Waals surface area contributed by atoms with E-state index < -0.39 is 0 Å². The average molecular weight is 448 g/mol. The molecule has 100 valence electrons. The van der Waals surface area contributed by atoms with Crippen molar-refractivity contribution in [2.45, 2.75) is 20.4 Å². The first-order valence-corrected chi connectivity index (χ1v) is 8.30. The van der Waals surface area contributed by atoms with Crippen LogP contribution in [0.2, 0.25) is 0 Å². The minimum absolute atomic E-state index is 0.812. The molecule has 1 N–H and O–H groups in total. The quantitative estimate of drug-likeness (QED) is 0.590. The van der Waals surface area contributed by atoms with Gasteiger partial charge in [0.05, 0.1) is 5.69 Å². The van der Waals surface area contributed by atoms with Gasteiger partial charge in [-0.15, -0.1) is 0 Å². The number of hydrogen-bond donors (Lipinski definition) is 1. The lowest BCUT2D eigenvalue weighted by Crippen LogP contribution is -2.03. The van der Waals surface area contributed by atoms with Crippen LogP contribution < -0.4 is 5.32 Å². The smallest absolute Gasteiger partial charge is 0.0632 e. The van der Waals surface area contributed by atoms with E-state index in [0.29, 0.717) is 0 Å². The molecule has 0 aliphatic heterocycles. The van der Waals surface area contributed by atoms with Gasteiger partial charge in [-0.1, -0.05) is 34.1 Å². The summed E-state index contributed by atoms with van der Waals surface area (Å²) in [4.78, 5) is 0. The Balaban J connectivity index is 2.22. The minimum Gasteiger partial charge on any atom is -0.379 e. The van der Waals surface area contributed by atoms with E-state index in [9.17, 15) is 0 Å². The molecule has 0 fully saturated rings. The number of nitrogens with one attached hydrogen (secondary N) is 1. The summed E-state index contributed by atoms with van der Waals surface area (Å²) in [6.07, 6.45) is 0. The normalized spacial score (nSPS) is 10.6. The highest BCUT2D eigenvalue weighted by Gasteiger charge is 2.07. The summed E-state index contributed by atoms with van der Waals surface area (Å²) in [5, 5.41) is 3.48. The van der Waals surface area contributed by atoms with Crippen molar-refractivity contribution in [3.05, 3.63) is 60.4 Å². The molecular weight excluding hydrogens is 434 g/mol. The zero-order chi connectivity index (χ0) is 14.0. The highest BCUT2D eigenvalue weighted by molar-refractivity contribution is 9.11. The van der Waals surface area contributed by atoms with Crippen molar-refractivity contribution in [3.8, 4) is 0 Å². The van der Waals surface area contributed by atoms with Gasteiger partial charge < -0.3 is 5.32 Å². The van der Waals surface area contributed by atoms with Gasteiger partial charge in [-0.3, -0.25) is 0 Å². The van der Waals surface area contributed by atoms with Crippen molar-refractivity contribution in [1.82, 2.24) is 0 Å². The Hall–Kier alpha value is -0.320. The monoisotopic (exact) mass is 445 g/mol. The van der Waals surface area contributed by atoms with E-state index in [4.69, 9.17) is 0 Å². The van der Waals surface area contributed by atoms with Gasteiger partial charge in [0.1, 0.15) is 0 Å². The maximum atomic E-state index is 3.58. The molecule has 0 atom stereocenters. The lowest BCUT2D eigenvalue weighted by atomic mass is 10.0. The van der Waals surface area contributed by atoms with Crippen molar-refractivity contribution in [2.24, 2.45) is 0 Å². The van der Waals surface area contributed by atoms with Crippen LogP contribution in [0.3, 0.4) is 0 Å². The van der Waals surface area contributed by atoms with Crippen molar-refractivity contribution >= 4 is 53.5 Å². The van der Waals surface area contributed by atoms with E-state index in [0.717, 1.165) is 25.7 Å². The molecule has 0 saturated carbocycles. The molecule has 0 heterocycles. The molecule has 0 unspecified atom stereocenters. The molecule has 2 rings (SSSR count). The number of anilines is 1. The van der Waals surface area contributed by atoms with Gasteiger partial charge in [-0.25, -0.2) is 0 Å². The Morgan fingerprint density at radius 3 is 2.26 bits per heavy atom. The maximum Gasteiger partial charge on any atom is 0.0632 e. The summed E-state index contributed by atoms with van der Waals surface area (Å²) in [6.45, 7) is 5.12. The molecule has 0 aliphatic rings. The molecule has 2 aromatic carbocycles. The number of hydrogen-bond acceptors (Lipinski definition) is 1. The Kier molecular flexibility index (Phi) is 5.09. The molecule has 0 saturated heterocycles. The van der Waals surface area contributed by atoms with Crippen LogP contribution >= 0.6 is 47.8 Å². The summed E-state index contributed by atoms with van der Waals surface area (Å²) in [5.41, 5.74) is 5.07. The summed E-state index contributed by atoms with van der Waals surface area (Å²) < 4.78 is 3.13. The topological polar surface area (TPSA) is 12.0 Å². The molecule has 0 bridgehead atoms. The van der Waals surface area contributed by atoms with Crippen molar-refractivity contribution in [3.63, 3.8) is 0 Å². The molecule has 0 aromatic heterocycles. The number of aryl methyl sites for hydroxylation is 1. The zero-order valence-corrected chi connectivity index (χ0v) is 15.5. The van der Waals surface area contributed by atoms with Gasteiger partial charge >= 0.3 is 0 Å². The fourth-order valence-corrected chi connectivity index (χ4v) is 4.44. The Morgan fingerprint density at radius 2 is 1.63 bits per heavy atom. The summed E-state index contributed by atoms with van der Waals surface area (Å²) in [7, 11) is 0. The van der Waals surface area contributed by atoms with E-state index in [-0.39, 0.29) is 0 Å². The Morgan fingerprint density at radius 1 is 1.00 bits per heavy atom. The second-order valence-corrected chi connectivity index (χ2v) is 7.08. The largest absolute Gasteiger partial charge is 0.379 e. The van der Waals surface area contributed by atoms with Gasteiger partial charge in [0.15, 0.2) is 0 Å². The van der Waals surface area contributed by atoms with Gasteiger partial charge in [0.2, 0.25) is 0 Å². The predicted molar refractivity (Wildman–Crippen MR) is 92.8 cm³/mol. The van der Waals surface area contributed by atoms with Gasteiger partial charge in [-0.05, 0) is 74.5 Å². The lowest BCUT2D eigenvalue weighted by molar-refractivity contribution is 1.10. The summed E-state index contributed by atoms with van der Waals surface area (Å²) in [5.74, 6) is 0. The first-order valence-electron chi connectivity index (χ1n) is 5.92. The van der Waals surface area contributed by atoms with Gasteiger partial charge in [-0.2, -0.15) is 0 Å². The van der Waals surface area contributed by atoms with Gasteiger partial charge in [0.25, 0.3) is 0 Å². The predicted octanol–water partition coefficient (Wildman–Crippen LogP) is 6.20. The molecule has 4 heteroatoms. The fraction of sp³-hybridized carbons (Fsp3) is 0.200. The fourth-order valence-electron chi connectivity index (χ4n) is 1.90. The molecule has 19 heavy (non-hydrogen) atoms. The van der Waals surface area contributed by atoms with Crippen molar-refractivity contribution in [2.75, 3.05) is 5.32 Å². The van der Waals surface area contributed by atoms with E-state index in [1.54, 1.807) is 0 Å². The molecule has 0 spiro atoms. The zero-order valence-electron chi connectivity index (χ0n) is 10.7. The SMILES string of the molecule is Cc1cccc(CNc2c(Br)cc(Br)cc2Br)c1C. The van der Waals surface area contributed by atoms with E-state index in [2.05, 4.69) is 85.2 Å². The third-order valence-electron chi connectivity index (χ3n) is 3.18. The Bertz CT molecular complexity index is 585. The number of halogens is 3. The summed E-state index contributed by atoms with van der Waals surface area (Å²) in [6, 6.07) is 10.5. The molecule has 1 nitrogen and oxygen atoms in total. The third kappa shape index (κ3) is 3.61. The van der Waals surface area contributed by atoms with Crippen LogP contribution in [0.4, 0.5) is 5.69 Å². The first-order chi connectivity index (χ1) is 8.99. The molecule has 2 aromatic rings. The second kappa shape index (κ2) is 6.42. The van der Waals surface area contributed by atoms with Crippen LogP contribution in [0, 0.1) is 13.8 Å². The van der Waals surface area contributed by atoms with Gasteiger partial charge in [0, 0.05) is 20.0 Å². The Labute approximate surface area is 139 Å². The van der Waals surface area contributed by atoms with Crippen LogP contribution in [0.1, 0.15) is 16.7 Å². The minimum atomic E-state index is 0.812.